The Bertz CT molecular complexity index is 472. The van der Waals surface area contributed by atoms with Gasteiger partial charge in [0, 0.05) is 25.6 Å². The molecule has 0 aliphatic carbocycles. The van der Waals surface area contributed by atoms with E-state index in [9.17, 15) is 9.90 Å². The van der Waals surface area contributed by atoms with E-state index >= 15 is 0 Å². The molecule has 0 aliphatic heterocycles. The summed E-state index contributed by atoms with van der Waals surface area (Å²) in [5.74, 6) is 0.0613. The quantitative estimate of drug-likeness (QED) is 0.320. The van der Waals surface area contributed by atoms with Crippen LogP contribution in [0, 0.1) is 6.92 Å². The van der Waals surface area contributed by atoms with Gasteiger partial charge in [0.1, 0.15) is 11.6 Å². The number of nitrogens with zero attached hydrogens (tertiary/aromatic N) is 2. The molecule has 4 N–H and O–H groups in total. The summed E-state index contributed by atoms with van der Waals surface area (Å²) in [6, 6.07) is 4.67. The molecule has 0 aliphatic rings. The molecule has 1 aromatic rings. The van der Waals surface area contributed by atoms with Gasteiger partial charge in [-0.25, -0.2) is 0 Å². The van der Waals surface area contributed by atoms with E-state index in [2.05, 4.69) is 5.16 Å². The molecule has 0 radical (unpaired) electrons. The van der Waals surface area contributed by atoms with Crippen LogP contribution in [0.5, 0.6) is 5.75 Å². The zero-order valence-electron chi connectivity index (χ0n) is 10.4. The van der Waals surface area contributed by atoms with Crippen LogP contribution in [0.25, 0.3) is 0 Å². The van der Waals surface area contributed by atoms with Crippen molar-refractivity contribution in [1.29, 1.82) is 0 Å². The van der Waals surface area contributed by atoms with Crippen molar-refractivity contribution in [2.24, 2.45) is 10.9 Å². The van der Waals surface area contributed by atoms with Crippen LogP contribution < -0.4 is 5.73 Å². The third-order valence-electron chi connectivity index (χ3n) is 2.62. The van der Waals surface area contributed by atoms with E-state index in [1.807, 2.05) is 0 Å². The van der Waals surface area contributed by atoms with Crippen molar-refractivity contribution in [1.82, 2.24) is 4.90 Å². The molecule has 98 valence electrons. The van der Waals surface area contributed by atoms with Gasteiger partial charge in [-0.2, -0.15) is 0 Å². The standard InChI is InChI=1S/C12H17N3O3/c1-8-7-9(3-4-10(8)16)12(17)15(2)6-5-11(13)14-18/h3-4,7,16,18H,5-6H2,1-2H3,(H2,13,14). The molecule has 0 unspecified atom stereocenters. The maximum atomic E-state index is 12.0. The Morgan fingerprint density at radius 3 is 2.72 bits per heavy atom. The normalized spacial score (nSPS) is 11.3. The second kappa shape index (κ2) is 5.90. The van der Waals surface area contributed by atoms with E-state index in [0.717, 1.165) is 0 Å². The number of aromatic hydroxyl groups is 1. The lowest BCUT2D eigenvalue weighted by Crippen LogP contribution is -2.30. The number of amides is 1. The van der Waals surface area contributed by atoms with Gasteiger partial charge in [-0.05, 0) is 30.7 Å². The lowest BCUT2D eigenvalue weighted by molar-refractivity contribution is 0.0798. The minimum Gasteiger partial charge on any atom is -0.508 e. The highest BCUT2D eigenvalue weighted by atomic mass is 16.4. The number of nitrogens with two attached hydrogens (primary N) is 1. The predicted octanol–water partition coefficient (Wildman–Crippen LogP) is 0.909. The topological polar surface area (TPSA) is 99.2 Å². The number of carbonyl (C=O) groups excluding carboxylic acids is 1. The second-order valence-electron chi connectivity index (χ2n) is 4.07. The Morgan fingerprint density at radius 2 is 2.17 bits per heavy atom. The third-order valence-corrected chi connectivity index (χ3v) is 2.62. The first kappa shape index (κ1) is 13.8. The van der Waals surface area contributed by atoms with Crippen molar-refractivity contribution in [3.8, 4) is 5.75 Å². The van der Waals surface area contributed by atoms with Crippen LogP contribution in [-0.2, 0) is 0 Å². The molecule has 6 heteroatoms. The molecular weight excluding hydrogens is 234 g/mol. The first-order chi connectivity index (χ1) is 8.45. The monoisotopic (exact) mass is 251 g/mol. The number of phenols is 1. The van der Waals surface area contributed by atoms with Crippen LogP contribution in [0.1, 0.15) is 22.3 Å². The molecule has 0 saturated carbocycles. The second-order valence-corrected chi connectivity index (χ2v) is 4.07. The predicted molar refractivity (Wildman–Crippen MR) is 67.8 cm³/mol. The van der Waals surface area contributed by atoms with E-state index in [4.69, 9.17) is 10.9 Å². The number of hydrogen-bond acceptors (Lipinski definition) is 4. The number of rotatable bonds is 4. The third kappa shape index (κ3) is 3.38. The summed E-state index contributed by atoms with van der Waals surface area (Å²) in [5.41, 5.74) is 6.47. The Kier molecular flexibility index (Phi) is 4.53. The summed E-state index contributed by atoms with van der Waals surface area (Å²) < 4.78 is 0. The van der Waals surface area contributed by atoms with Gasteiger partial charge in [-0.3, -0.25) is 4.79 Å². The molecule has 0 heterocycles. The highest BCUT2D eigenvalue weighted by Crippen LogP contribution is 2.17. The van der Waals surface area contributed by atoms with Crippen LogP contribution in [0.15, 0.2) is 23.4 Å². The highest BCUT2D eigenvalue weighted by Gasteiger charge is 2.12. The summed E-state index contributed by atoms with van der Waals surface area (Å²) in [4.78, 5) is 13.5. The molecule has 0 fully saturated rings. The van der Waals surface area contributed by atoms with E-state index in [0.29, 0.717) is 24.1 Å². The fourth-order valence-corrected chi connectivity index (χ4v) is 1.44. The number of phenolic OH excluding ortho intramolecular Hbond substituents is 1. The molecule has 6 nitrogen and oxygen atoms in total. The fraction of sp³-hybridized carbons (Fsp3) is 0.333. The van der Waals surface area contributed by atoms with Gasteiger partial charge in [0.25, 0.3) is 5.91 Å². The number of oxime groups is 1. The minimum atomic E-state index is -0.177. The summed E-state index contributed by atoms with van der Waals surface area (Å²) >= 11 is 0. The van der Waals surface area contributed by atoms with Gasteiger partial charge >= 0.3 is 0 Å². The lowest BCUT2D eigenvalue weighted by Gasteiger charge is -2.17. The van der Waals surface area contributed by atoms with Crippen molar-refractivity contribution in [2.75, 3.05) is 13.6 Å². The van der Waals surface area contributed by atoms with E-state index < -0.39 is 0 Å². The maximum absolute atomic E-state index is 12.0. The zero-order valence-corrected chi connectivity index (χ0v) is 10.4. The summed E-state index contributed by atoms with van der Waals surface area (Å²) in [6.45, 7) is 2.08. The molecular formula is C12H17N3O3. The summed E-state index contributed by atoms with van der Waals surface area (Å²) in [7, 11) is 1.63. The molecule has 1 rings (SSSR count). The van der Waals surface area contributed by atoms with Gasteiger partial charge in [-0.15, -0.1) is 0 Å². The van der Waals surface area contributed by atoms with E-state index in [-0.39, 0.29) is 17.5 Å². The number of hydrogen-bond donors (Lipinski definition) is 3. The van der Waals surface area contributed by atoms with Crippen molar-refractivity contribution < 1.29 is 15.1 Å². The zero-order chi connectivity index (χ0) is 13.7. The Balaban J connectivity index is 2.71. The number of amidine groups is 1. The molecule has 0 bridgehead atoms. The van der Waals surface area contributed by atoms with Gasteiger partial charge in [0.2, 0.25) is 0 Å². The van der Waals surface area contributed by atoms with Crippen LogP contribution in [0.3, 0.4) is 0 Å². The lowest BCUT2D eigenvalue weighted by atomic mass is 10.1. The Morgan fingerprint density at radius 1 is 1.50 bits per heavy atom. The molecule has 18 heavy (non-hydrogen) atoms. The van der Waals surface area contributed by atoms with Crippen LogP contribution in [0.2, 0.25) is 0 Å². The van der Waals surface area contributed by atoms with Crippen LogP contribution in [0.4, 0.5) is 0 Å². The SMILES string of the molecule is Cc1cc(C(=O)N(C)CC/C(N)=N/O)ccc1O. The first-order valence-corrected chi connectivity index (χ1v) is 5.47. The number of benzene rings is 1. The molecule has 0 aromatic heterocycles. The Labute approximate surface area is 105 Å². The highest BCUT2D eigenvalue weighted by molar-refractivity contribution is 5.94. The minimum absolute atomic E-state index is 0.0801. The van der Waals surface area contributed by atoms with Crippen LogP contribution in [-0.4, -0.2) is 40.5 Å². The fourth-order valence-electron chi connectivity index (χ4n) is 1.44. The first-order valence-electron chi connectivity index (χ1n) is 5.47. The van der Waals surface area contributed by atoms with Gasteiger partial charge in [0.15, 0.2) is 0 Å². The van der Waals surface area contributed by atoms with Gasteiger partial charge in [0.05, 0.1) is 0 Å². The van der Waals surface area contributed by atoms with Crippen molar-refractivity contribution in [3.05, 3.63) is 29.3 Å². The average Bonchev–Trinajstić information content (AvgIpc) is 2.37. The van der Waals surface area contributed by atoms with Crippen molar-refractivity contribution in [3.63, 3.8) is 0 Å². The van der Waals surface area contributed by atoms with Gasteiger partial charge in [-0.1, -0.05) is 5.16 Å². The summed E-state index contributed by atoms with van der Waals surface area (Å²) in [6.07, 6.45) is 0.301. The largest absolute Gasteiger partial charge is 0.508 e. The van der Waals surface area contributed by atoms with Crippen molar-refractivity contribution in [2.45, 2.75) is 13.3 Å². The molecule has 0 atom stereocenters. The maximum Gasteiger partial charge on any atom is 0.253 e. The summed E-state index contributed by atoms with van der Waals surface area (Å²) in [5, 5.41) is 20.6. The smallest absolute Gasteiger partial charge is 0.253 e. The van der Waals surface area contributed by atoms with E-state index in [1.54, 1.807) is 26.1 Å². The Hall–Kier alpha value is -2.24. The van der Waals surface area contributed by atoms with Crippen LogP contribution >= 0.6 is 0 Å². The number of aryl methyl sites for hydroxylation is 1. The molecule has 0 spiro atoms. The molecule has 0 saturated heterocycles. The van der Waals surface area contributed by atoms with Gasteiger partial charge < -0.3 is 20.9 Å². The van der Waals surface area contributed by atoms with E-state index in [1.165, 1.54) is 11.0 Å². The average molecular weight is 251 g/mol. The van der Waals surface area contributed by atoms with Crippen molar-refractivity contribution >= 4 is 11.7 Å². The molecule has 1 amide bonds. The number of carbonyl (C=O) groups is 1. The molecule has 1 aromatic carbocycles.